The molecule has 0 aromatic heterocycles. The number of methoxy groups -OCH3 is 1. The Bertz CT molecular complexity index is 852. The van der Waals surface area contributed by atoms with Crippen LogP contribution in [0.2, 0.25) is 0 Å². The molecular formula is C21H29N5O4. The first kappa shape index (κ1) is 20.6. The van der Waals surface area contributed by atoms with Crippen LogP contribution >= 0.6 is 0 Å². The highest BCUT2D eigenvalue weighted by molar-refractivity contribution is 6.08. The number of fused-ring (bicyclic) bond motifs is 1. The molecule has 4 amide bonds. The van der Waals surface area contributed by atoms with Gasteiger partial charge in [0.05, 0.1) is 13.7 Å². The summed E-state index contributed by atoms with van der Waals surface area (Å²) in [5.41, 5.74) is 6.33. The Hall–Kier alpha value is -2.65. The van der Waals surface area contributed by atoms with Gasteiger partial charge in [-0.2, -0.15) is 0 Å². The largest absolute Gasteiger partial charge is 0.497 e. The van der Waals surface area contributed by atoms with Crippen LogP contribution in [0.25, 0.3) is 0 Å². The van der Waals surface area contributed by atoms with Crippen molar-refractivity contribution >= 4 is 17.8 Å². The van der Waals surface area contributed by atoms with E-state index in [1.165, 1.54) is 0 Å². The molecule has 1 unspecified atom stereocenters. The zero-order valence-corrected chi connectivity index (χ0v) is 17.2. The van der Waals surface area contributed by atoms with Crippen LogP contribution in [-0.2, 0) is 11.2 Å². The fourth-order valence-electron chi connectivity index (χ4n) is 4.58. The average Bonchev–Trinajstić information content (AvgIpc) is 3.02. The molecule has 1 atom stereocenters. The predicted molar refractivity (Wildman–Crippen MR) is 110 cm³/mol. The molecule has 1 saturated carbocycles. The summed E-state index contributed by atoms with van der Waals surface area (Å²) in [5, 5.41) is 8.54. The van der Waals surface area contributed by atoms with Crippen LogP contribution in [0.15, 0.2) is 18.2 Å². The number of carbonyl (C=O) groups is 3. The van der Waals surface area contributed by atoms with E-state index in [0.717, 1.165) is 31.2 Å². The van der Waals surface area contributed by atoms with Gasteiger partial charge in [0.25, 0.3) is 11.8 Å². The number of urea groups is 1. The van der Waals surface area contributed by atoms with Gasteiger partial charge in [0.15, 0.2) is 5.54 Å². The lowest BCUT2D eigenvalue weighted by Crippen LogP contribution is -2.63. The third kappa shape index (κ3) is 3.99. The van der Waals surface area contributed by atoms with Gasteiger partial charge in [0.1, 0.15) is 5.75 Å². The topological polar surface area (TPSA) is 126 Å². The molecule has 4 rings (SSSR count). The van der Waals surface area contributed by atoms with Crippen molar-refractivity contribution in [1.29, 1.82) is 0 Å². The molecule has 9 nitrogen and oxygen atoms in total. The number of benzene rings is 1. The van der Waals surface area contributed by atoms with Gasteiger partial charge in [-0.05, 0) is 55.9 Å². The minimum absolute atomic E-state index is 0.119. The van der Waals surface area contributed by atoms with E-state index >= 15 is 0 Å². The number of nitrogens with zero attached hydrogens (tertiary/aromatic N) is 1. The lowest BCUT2D eigenvalue weighted by Gasteiger charge is -2.37. The summed E-state index contributed by atoms with van der Waals surface area (Å²) in [5.74, 6) is 0.169. The Morgan fingerprint density at radius 3 is 2.67 bits per heavy atom. The lowest BCUT2D eigenvalue weighted by molar-refractivity contribution is -0.124. The number of ether oxygens (including phenoxy) is 1. The molecule has 0 radical (unpaired) electrons. The first-order valence-corrected chi connectivity index (χ1v) is 10.5. The number of rotatable bonds is 6. The van der Waals surface area contributed by atoms with Gasteiger partial charge < -0.3 is 26.0 Å². The van der Waals surface area contributed by atoms with Crippen LogP contribution in [0, 0.1) is 0 Å². The maximum atomic E-state index is 13.1. The van der Waals surface area contributed by atoms with Crippen molar-refractivity contribution in [2.45, 2.75) is 49.7 Å². The molecule has 0 spiro atoms. The van der Waals surface area contributed by atoms with E-state index in [9.17, 15) is 14.4 Å². The zero-order valence-electron chi connectivity index (χ0n) is 17.2. The third-order valence-electron chi connectivity index (χ3n) is 6.42. The van der Waals surface area contributed by atoms with Crippen LogP contribution in [0.1, 0.15) is 41.6 Å². The summed E-state index contributed by atoms with van der Waals surface area (Å²) in [4.78, 5) is 39.4. The summed E-state index contributed by atoms with van der Waals surface area (Å²) in [6.45, 7) is 0.861. The van der Waals surface area contributed by atoms with E-state index in [1.54, 1.807) is 24.1 Å². The van der Waals surface area contributed by atoms with E-state index < -0.39 is 17.5 Å². The van der Waals surface area contributed by atoms with Gasteiger partial charge in [0, 0.05) is 30.7 Å². The van der Waals surface area contributed by atoms with Crippen molar-refractivity contribution in [2.24, 2.45) is 5.73 Å². The van der Waals surface area contributed by atoms with Crippen molar-refractivity contribution in [2.75, 3.05) is 26.7 Å². The smallest absolute Gasteiger partial charge is 0.322 e. The molecule has 2 fully saturated rings. The van der Waals surface area contributed by atoms with Crippen molar-refractivity contribution in [3.05, 3.63) is 29.3 Å². The number of nitrogens with two attached hydrogens (primary N) is 1. The number of hydrogen-bond acceptors (Lipinski definition) is 6. The summed E-state index contributed by atoms with van der Waals surface area (Å²) in [7, 11) is 1.59. The first-order chi connectivity index (χ1) is 14.4. The van der Waals surface area contributed by atoms with Gasteiger partial charge in [-0.1, -0.05) is 0 Å². The molecule has 162 valence electrons. The molecule has 1 aliphatic carbocycles. The first-order valence-electron chi connectivity index (χ1n) is 10.5. The van der Waals surface area contributed by atoms with E-state index in [2.05, 4.69) is 16.0 Å². The van der Waals surface area contributed by atoms with E-state index in [4.69, 9.17) is 10.5 Å². The second-order valence-electron chi connectivity index (χ2n) is 8.48. The molecule has 1 aromatic carbocycles. The fourth-order valence-corrected chi connectivity index (χ4v) is 4.58. The van der Waals surface area contributed by atoms with Gasteiger partial charge in [-0.15, -0.1) is 0 Å². The monoisotopic (exact) mass is 415 g/mol. The Balaban J connectivity index is 1.49. The Morgan fingerprint density at radius 1 is 1.23 bits per heavy atom. The molecule has 2 aliphatic heterocycles. The fraction of sp³-hybridized carbons (Fsp3) is 0.571. The maximum Gasteiger partial charge on any atom is 0.322 e. The number of nitrogens with one attached hydrogen (secondary N) is 3. The number of imide groups is 1. The molecule has 1 aromatic rings. The highest BCUT2D eigenvalue weighted by atomic mass is 16.5. The summed E-state index contributed by atoms with van der Waals surface area (Å²) in [6.07, 6.45) is 4.41. The lowest BCUT2D eigenvalue weighted by atomic mass is 9.90. The van der Waals surface area contributed by atoms with Crippen molar-refractivity contribution in [1.82, 2.24) is 20.9 Å². The van der Waals surface area contributed by atoms with E-state index in [0.29, 0.717) is 24.3 Å². The van der Waals surface area contributed by atoms with Crippen LogP contribution < -0.4 is 26.4 Å². The zero-order chi connectivity index (χ0) is 21.3. The molecule has 2 heterocycles. The van der Waals surface area contributed by atoms with Crippen LogP contribution in [0.3, 0.4) is 0 Å². The SMILES string of the molecule is COc1ccc2c(c1)CCN(CC1(CNC3CCC(N)CC3)NC(=O)NC1=O)C2=O. The third-order valence-corrected chi connectivity index (χ3v) is 6.42. The van der Waals surface area contributed by atoms with Crippen LogP contribution in [-0.4, -0.2) is 67.1 Å². The molecule has 5 N–H and O–H groups in total. The molecule has 30 heavy (non-hydrogen) atoms. The number of carbonyl (C=O) groups excluding carboxylic acids is 3. The second-order valence-corrected chi connectivity index (χ2v) is 8.48. The highest BCUT2D eigenvalue weighted by Crippen LogP contribution is 2.26. The maximum absolute atomic E-state index is 13.1. The van der Waals surface area contributed by atoms with Crippen molar-refractivity contribution in [3.63, 3.8) is 0 Å². The average molecular weight is 415 g/mol. The van der Waals surface area contributed by atoms with Gasteiger partial charge in [0.2, 0.25) is 0 Å². The highest BCUT2D eigenvalue weighted by Gasteiger charge is 2.48. The Kier molecular flexibility index (Phi) is 5.66. The van der Waals surface area contributed by atoms with E-state index in [-0.39, 0.29) is 31.1 Å². The molecule has 1 saturated heterocycles. The molecule has 9 heteroatoms. The van der Waals surface area contributed by atoms with Crippen LogP contribution in [0.5, 0.6) is 5.75 Å². The van der Waals surface area contributed by atoms with Gasteiger partial charge in [-0.3, -0.25) is 14.9 Å². The predicted octanol–water partition coefficient (Wildman–Crippen LogP) is 0.131. The summed E-state index contributed by atoms with van der Waals surface area (Å²) >= 11 is 0. The Labute approximate surface area is 175 Å². The van der Waals surface area contributed by atoms with E-state index in [1.807, 2.05) is 6.07 Å². The minimum atomic E-state index is -1.18. The summed E-state index contributed by atoms with van der Waals surface area (Å²) in [6, 6.07) is 5.34. The standard InChI is InChI=1S/C21H29N5O4/c1-30-16-6-7-17-13(10-16)8-9-26(18(17)27)12-21(19(28)24-20(29)25-21)11-23-15-4-2-14(22)3-5-15/h6-7,10,14-15,23H,2-5,8-9,11-12,22H2,1H3,(H2,24,25,28,29). The minimum Gasteiger partial charge on any atom is -0.497 e. The van der Waals surface area contributed by atoms with Crippen molar-refractivity contribution < 1.29 is 19.1 Å². The second kappa shape index (κ2) is 8.23. The molecule has 0 bridgehead atoms. The van der Waals surface area contributed by atoms with Gasteiger partial charge in [-0.25, -0.2) is 4.79 Å². The summed E-state index contributed by atoms with van der Waals surface area (Å²) < 4.78 is 5.25. The number of hydrogen-bond donors (Lipinski definition) is 4. The molecular weight excluding hydrogens is 386 g/mol. The quantitative estimate of drug-likeness (QED) is 0.490. The normalized spacial score (nSPS) is 28.7. The molecule has 3 aliphatic rings. The Morgan fingerprint density at radius 2 is 2.00 bits per heavy atom. The van der Waals surface area contributed by atoms with Crippen LogP contribution in [0.4, 0.5) is 4.79 Å². The van der Waals surface area contributed by atoms with Crippen molar-refractivity contribution in [3.8, 4) is 5.75 Å². The number of amides is 4. The van der Waals surface area contributed by atoms with Gasteiger partial charge >= 0.3 is 6.03 Å².